The lowest BCUT2D eigenvalue weighted by Gasteiger charge is -2.07. The van der Waals surface area contributed by atoms with Crippen molar-refractivity contribution in [2.45, 2.75) is 13.8 Å². The van der Waals surface area contributed by atoms with Gasteiger partial charge in [-0.25, -0.2) is 9.59 Å². The van der Waals surface area contributed by atoms with Crippen LogP contribution in [0.2, 0.25) is 0 Å². The van der Waals surface area contributed by atoms with Crippen molar-refractivity contribution in [2.75, 3.05) is 12.0 Å². The minimum Gasteiger partial charge on any atom is -0.478 e. The van der Waals surface area contributed by atoms with E-state index in [0.29, 0.717) is 11.2 Å². The SMILES string of the molecule is CCOC(=O)C(C)=NNc1cc2c(cc1C(=O)O)oc1ccccc12. The number of aromatic carboxylic acids is 1. The highest BCUT2D eigenvalue weighted by atomic mass is 16.5. The molecule has 0 radical (unpaired) electrons. The summed E-state index contributed by atoms with van der Waals surface area (Å²) >= 11 is 0. The Morgan fingerprint density at radius 2 is 1.96 bits per heavy atom. The standard InChI is InChI=1S/C18H16N2O5/c1-3-24-18(23)10(2)19-20-14-8-12-11-6-4-5-7-15(11)25-16(12)9-13(14)17(21)22/h4-9,20H,3H2,1-2H3,(H,21,22). The second-order valence-electron chi connectivity index (χ2n) is 5.33. The van der Waals surface area contributed by atoms with Gasteiger partial charge in [0.05, 0.1) is 17.9 Å². The molecule has 7 nitrogen and oxygen atoms in total. The molecule has 0 saturated heterocycles. The Balaban J connectivity index is 2.07. The number of hydrogen-bond acceptors (Lipinski definition) is 6. The molecule has 0 bridgehead atoms. The molecular weight excluding hydrogens is 324 g/mol. The van der Waals surface area contributed by atoms with Crippen molar-refractivity contribution >= 4 is 45.3 Å². The normalized spacial score (nSPS) is 11.7. The summed E-state index contributed by atoms with van der Waals surface area (Å²) < 4.78 is 10.5. The summed E-state index contributed by atoms with van der Waals surface area (Å²) in [4.78, 5) is 23.1. The first-order chi connectivity index (χ1) is 12.0. The highest BCUT2D eigenvalue weighted by Gasteiger charge is 2.16. The number of benzene rings is 2. The monoisotopic (exact) mass is 340 g/mol. The van der Waals surface area contributed by atoms with Gasteiger partial charge in [-0.05, 0) is 32.0 Å². The van der Waals surface area contributed by atoms with E-state index >= 15 is 0 Å². The highest BCUT2D eigenvalue weighted by Crippen LogP contribution is 2.32. The van der Waals surface area contributed by atoms with E-state index in [0.717, 1.165) is 10.8 Å². The van der Waals surface area contributed by atoms with Crippen LogP contribution in [0.25, 0.3) is 21.9 Å². The number of hydrogen-bond donors (Lipinski definition) is 2. The van der Waals surface area contributed by atoms with Crippen molar-refractivity contribution in [3.63, 3.8) is 0 Å². The minimum absolute atomic E-state index is 0.00744. The largest absolute Gasteiger partial charge is 0.478 e. The molecule has 0 amide bonds. The quantitative estimate of drug-likeness (QED) is 0.418. The Labute approximate surface area is 142 Å². The Bertz CT molecular complexity index is 1000. The molecule has 2 N–H and O–H groups in total. The van der Waals surface area contributed by atoms with E-state index in [1.165, 1.54) is 13.0 Å². The summed E-state index contributed by atoms with van der Waals surface area (Å²) in [6, 6.07) is 10.5. The van der Waals surface area contributed by atoms with Gasteiger partial charge in [-0.3, -0.25) is 5.43 Å². The average molecular weight is 340 g/mol. The first kappa shape index (κ1) is 16.5. The van der Waals surface area contributed by atoms with E-state index in [2.05, 4.69) is 10.5 Å². The second-order valence-corrected chi connectivity index (χ2v) is 5.33. The number of hydrazone groups is 1. The molecule has 0 saturated carbocycles. The van der Waals surface area contributed by atoms with Crippen molar-refractivity contribution in [1.82, 2.24) is 0 Å². The number of ether oxygens (including phenoxy) is 1. The zero-order valence-electron chi connectivity index (χ0n) is 13.7. The first-order valence-corrected chi connectivity index (χ1v) is 7.67. The maximum atomic E-state index is 11.6. The smallest absolute Gasteiger partial charge is 0.354 e. The molecule has 2 aromatic carbocycles. The van der Waals surface area contributed by atoms with Gasteiger partial charge in [-0.2, -0.15) is 5.10 Å². The van der Waals surface area contributed by atoms with Crippen LogP contribution in [0.4, 0.5) is 5.69 Å². The molecule has 0 aliphatic rings. The number of carboxylic acid groups (broad SMARTS) is 1. The third kappa shape index (κ3) is 3.16. The van der Waals surface area contributed by atoms with E-state index in [1.54, 1.807) is 13.0 Å². The van der Waals surface area contributed by atoms with Crippen LogP contribution in [0.5, 0.6) is 0 Å². The molecule has 1 aromatic heterocycles. The first-order valence-electron chi connectivity index (χ1n) is 7.67. The van der Waals surface area contributed by atoms with Crippen LogP contribution in [0.3, 0.4) is 0 Å². The van der Waals surface area contributed by atoms with Crippen LogP contribution in [-0.2, 0) is 9.53 Å². The molecular formula is C18H16N2O5. The fraction of sp³-hybridized carbons (Fsp3) is 0.167. The Hall–Kier alpha value is -3.35. The summed E-state index contributed by atoms with van der Waals surface area (Å²) in [5.74, 6) is -1.70. The predicted octanol–water partition coefficient (Wildman–Crippen LogP) is 3.64. The van der Waals surface area contributed by atoms with E-state index < -0.39 is 11.9 Å². The van der Waals surface area contributed by atoms with Gasteiger partial charge in [0.2, 0.25) is 0 Å². The molecule has 0 atom stereocenters. The molecule has 0 unspecified atom stereocenters. The molecule has 0 spiro atoms. The number of carbonyl (C=O) groups is 2. The fourth-order valence-electron chi connectivity index (χ4n) is 2.47. The van der Waals surface area contributed by atoms with Crippen LogP contribution >= 0.6 is 0 Å². The number of nitrogens with zero attached hydrogens (tertiary/aromatic N) is 1. The molecule has 7 heteroatoms. The van der Waals surface area contributed by atoms with Gasteiger partial charge < -0.3 is 14.3 Å². The van der Waals surface area contributed by atoms with Crippen molar-refractivity contribution in [1.29, 1.82) is 0 Å². The Morgan fingerprint density at radius 3 is 2.68 bits per heavy atom. The molecule has 3 aromatic rings. The summed E-state index contributed by atoms with van der Waals surface area (Å²) in [7, 11) is 0. The number of anilines is 1. The van der Waals surface area contributed by atoms with Gasteiger partial charge >= 0.3 is 11.9 Å². The average Bonchev–Trinajstić information content (AvgIpc) is 2.96. The Morgan fingerprint density at radius 1 is 1.20 bits per heavy atom. The number of rotatable bonds is 5. The van der Waals surface area contributed by atoms with Crippen LogP contribution in [0.1, 0.15) is 24.2 Å². The molecule has 0 aliphatic carbocycles. The zero-order chi connectivity index (χ0) is 18.0. The number of carboxylic acids is 1. The fourth-order valence-corrected chi connectivity index (χ4v) is 2.47. The van der Waals surface area contributed by atoms with Gasteiger partial charge in [0, 0.05) is 10.8 Å². The van der Waals surface area contributed by atoms with Gasteiger partial charge in [0.15, 0.2) is 0 Å². The topological polar surface area (TPSA) is 101 Å². The van der Waals surface area contributed by atoms with Crippen LogP contribution in [0, 0.1) is 0 Å². The summed E-state index contributed by atoms with van der Waals surface area (Å²) in [6.45, 7) is 3.41. The third-order valence-corrected chi connectivity index (χ3v) is 3.66. The molecule has 0 aliphatic heterocycles. The van der Waals surface area contributed by atoms with Crippen LogP contribution in [-0.4, -0.2) is 29.4 Å². The number of fused-ring (bicyclic) bond motifs is 3. The lowest BCUT2D eigenvalue weighted by Crippen LogP contribution is -2.16. The van der Waals surface area contributed by atoms with Crippen molar-refractivity contribution in [2.24, 2.45) is 5.10 Å². The zero-order valence-corrected chi connectivity index (χ0v) is 13.7. The third-order valence-electron chi connectivity index (χ3n) is 3.66. The van der Waals surface area contributed by atoms with Crippen molar-refractivity contribution in [3.05, 3.63) is 42.0 Å². The predicted molar refractivity (Wildman–Crippen MR) is 94.0 cm³/mol. The maximum Gasteiger partial charge on any atom is 0.354 e. The van der Waals surface area contributed by atoms with E-state index in [-0.39, 0.29) is 23.6 Å². The highest BCUT2D eigenvalue weighted by molar-refractivity contribution is 6.35. The second kappa shape index (κ2) is 6.64. The van der Waals surface area contributed by atoms with Crippen molar-refractivity contribution in [3.8, 4) is 0 Å². The van der Waals surface area contributed by atoms with E-state index in [4.69, 9.17) is 9.15 Å². The molecule has 3 rings (SSSR count). The number of furan rings is 1. The molecule has 128 valence electrons. The van der Waals surface area contributed by atoms with Gasteiger partial charge in [-0.15, -0.1) is 0 Å². The van der Waals surface area contributed by atoms with Gasteiger partial charge in [0.1, 0.15) is 16.9 Å². The summed E-state index contributed by atoms with van der Waals surface area (Å²) in [5.41, 5.74) is 4.12. The van der Waals surface area contributed by atoms with Gasteiger partial charge in [0.25, 0.3) is 0 Å². The lowest BCUT2D eigenvalue weighted by molar-refractivity contribution is -0.135. The van der Waals surface area contributed by atoms with Crippen LogP contribution in [0.15, 0.2) is 45.9 Å². The minimum atomic E-state index is -1.13. The van der Waals surface area contributed by atoms with Gasteiger partial charge in [-0.1, -0.05) is 18.2 Å². The summed E-state index contributed by atoms with van der Waals surface area (Å²) in [5, 5.41) is 15.0. The molecule has 25 heavy (non-hydrogen) atoms. The number of carbonyl (C=O) groups excluding carboxylic acids is 1. The van der Waals surface area contributed by atoms with E-state index in [1.807, 2.05) is 24.3 Å². The molecule has 0 fully saturated rings. The maximum absolute atomic E-state index is 11.6. The Kier molecular flexibility index (Phi) is 4.38. The number of para-hydroxylation sites is 1. The van der Waals surface area contributed by atoms with Crippen molar-refractivity contribution < 1.29 is 23.8 Å². The summed E-state index contributed by atoms with van der Waals surface area (Å²) in [6.07, 6.45) is 0. The lowest BCUT2D eigenvalue weighted by atomic mass is 10.1. The number of nitrogens with one attached hydrogen (secondary N) is 1. The molecule has 1 heterocycles. The van der Waals surface area contributed by atoms with Crippen LogP contribution < -0.4 is 5.43 Å². The van der Waals surface area contributed by atoms with E-state index in [9.17, 15) is 14.7 Å². The number of esters is 1.